The highest BCUT2D eigenvalue weighted by Gasteiger charge is 2.34. The molecule has 1 aromatic rings. The smallest absolute Gasteiger partial charge is 0.257 e. The van der Waals surface area contributed by atoms with E-state index in [1.807, 2.05) is 0 Å². The van der Waals surface area contributed by atoms with Crippen LogP contribution in [0.25, 0.3) is 0 Å². The monoisotopic (exact) mass is 259 g/mol. The molecule has 1 saturated carbocycles. The number of amides is 1. The third-order valence-electron chi connectivity index (χ3n) is 3.58. The molecule has 0 atom stereocenters. The second-order valence-electron chi connectivity index (χ2n) is 5.10. The van der Waals surface area contributed by atoms with Crippen molar-refractivity contribution in [2.75, 3.05) is 0 Å². The molecule has 1 aliphatic rings. The number of pyridine rings is 1. The van der Waals surface area contributed by atoms with Gasteiger partial charge in [-0.05, 0) is 19.8 Å². The van der Waals surface area contributed by atoms with Crippen molar-refractivity contribution in [1.82, 2.24) is 10.3 Å². The van der Waals surface area contributed by atoms with Crippen molar-refractivity contribution in [2.45, 2.75) is 44.6 Å². The molecule has 5 nitrogen and oxygen atoms in total. The summed E-state index contributed by atoms with van der Waals surface area (Å²) in [4.78, 5) is 26.7. The Morgan fingerprint density at radius 2 is 2.11 bits per heavy atom. The van der Waals surface area contributed by atoms with E-state index >= 15 is 0 Å². The molecule has 0 saturated heterocycles. The van der Waals surface area contributed by atoms with Crippen molar-refractivity contribution in [3.05, 3.63) is 33.7 Å². The highest BCUT2D eigenvalue weighted by Crippen LogP contribution is 2.27. The number of nitrogens with zero attached hydrogens (tertiary/aromatic N) is 1. The lowest BCUT2D eigenvalue weighted by molar-refractivity contribution is 0.0901. The first-order valence-corrected chi connectivity index (χ1v) is 6.49. The van der Waals surface area contributed by atoms with Crippen molar-refractivity contribution >= 4 is 5.91 Å². The molecule has 1 aliphatic carbocycles. The van der Waals surface area contributed by atoms with Gasteiger partial charge in [0.05, 0.1) is 6.07 Å². The number of H-pyrrole nitrogens is 1. The molecule has 5 heteroatoms. The molecule has 1 aromatic heterocycles. The van der Waals surface area contributed by atoms with Crippen LogP contribution < -0.4 is 10.7 Å². The van der Waals surface area contributed by atoms with E-state index in [0.29, 0.717) is 18.5 Å². The molecule has 0 bridgehead atoms. The van der Waals surface area contributed by atoms with E-state index in [-0.39, 0.29) is 11.0 Å². The van der Waals surface area contributed by atoms with Crippen molar-refractivity contribution in [3.8, 4) is 6.07 Å². The number of hydrogen-bond acceptors (Lipinski definition) is 3. The number of rotatable bonds is 2. The zero-order chi connectivity index (χ0) is 13.9. The molecule has 0 aliphatic heterocycles. The lowest BCUT2D eigenvalue weighted by Crippen LogP contribution is -2.49. The maximum absolute atomic E-state index is 12.1. The summed E-state index contributed by atoms with van der Waals surface area (Å²) >= 11 is 0. The van der Waals surface area contributed by atoms with Gasteiger partial charge in [0.25, 0.3) is 5.91 Å². The Labute approximate surface area is 111 Å². The lowest BCUT2D eigenvalue weighted by atomic mass is 9.82. The van der Waals surface area contributed by atoms with Gasteiger partial charge in [-0.25, -0.2) is 0 Å². The molecule has 0 spiro atoms. The standard InChI is InChI=1S/C14H17N3O2/c1-10-7-12(18)11(8-16-10)13(19)17-14(9-15)5-3-2-4-6-14/h7-8H,2-6H2,1H3,(H,16,18)(H,17,19). The van der Waals surface area contributed by atoms with Crippen molar-refractivity contribution in [3.63, 3.8) is 0 Å². The van der Waals surface area contributed by atoms with Crippen LogP contribution in [0.2, 0.25) is 0 Å². The summed E-state index contributed by atoms with van der Waals surface area (Å²) in [6, 6.07) is 3.59. The number of nitrogens with one attached hydrogen (secondary N) is 2. The molecule has 100 valence electrons. The second kappa shape index (κ2) is 5.27. The first-order chi connectivity index (χ1) is 9.06. The second-order valence-corrected chi connectivity index (χ2v) is 5.10. The van der Waals surface area contributed by atoms with Crippen molar-refractivity contribution < 1.29 is 4.79 Å². The van der Waals surface area contributed by atoms with E-state index in [1.165, 1.54) is 12.3 Å². The number of aromatic nitrogens is 1. The molecule has 1 fully saturated rings. The fourth-order valence-corrected chi connectivity index (χ4v) is 2.46. The summed E-state index contributed by atoms with van der Waals surface area (Å²) in [5, 5.41) is 12.0. The molecule has 2 rings (SSSR count). The number of carbonyl (C=O) groups excluding carboxylic acids is 1. The van der Waals surface area contributed by atoms with Crippen LogP contribution in [0, 0.1) is 18.3 Å². The van der Waals surface area contributed by atoms with Gasteiger partial charge in [0.1, 0.15) is 11.1 Å². The van der Waals surface area contributed by atoms with Crippen LogP contribution in [0.15, 0.2) is 17.1 Å². The van der Waals surface area contributed by atoms with Gasteiger partial charge in [0.15, 0.2) is 5.43 Å². The Bertz CT molecular complexity index is 577. The van der Waals surface area contributed by atoms with E-state index in [0.717, 1.165) is 19.3 Å². The number of carbonyl (C=O) groups is 1. The summed E-state index contributed by atoms with van der Waals surface area (Å²) in [7, 11) is 0. The van der Waals surface area contributed by atoms with Gasteiger partial charge < -0.3 is 10.3 Å². The van der Waals surface area contributed by atoms with E-state index in [9.17, 15) is 14.9 Å². The average molecular weight is 259 g/mol. The average Bonchev–Trinajstić information content (AvgIpc) is 2.39. The van der Waals surface area contributed by atoms with Crippen LogP contribution in [0.3, 0.4) is 0 Å². The summed E-state index contributed by atoms with van der Waals surface area (Å²) in [6.45, 7) is 1.75. The minimum Gasteiger partial charge on any atom is -0.364 e. The molecule has 19 heavy (non-hydrogen) atoms. The fourth-order valence-electron chi connectivity index (χ4n) is 2.46. The predicted molar refractivity (Wildman–Crippen MR) is 70.7 cm³/mol. The third-order valence-corrected chi connectivity index (χ3v) is 3.58. The summed E-state index contributed by atoms with van der Waals surface area (Å²) in [5.74, 6) is -0.468. The topological polar surface area (TPSA) is 85.8 Å². The summed E-state index contributed by atoms with van der Waals surface area (Å²) in [5.41, 5.74) is -0.371. The van der Waals surface area contributed by atoms with Crippen LogP contribution in [-0.4, -0.2) is 16.4 Å². The van der Waals surface area contributed by atoms with Crippen LogP contribution >= 0.6 is 0 Å². The molecule has 0 radical (unpaired) electrons. The largest absolute Gasteiger partial charge is 0.364 e. The first-order valence-electron chi connectivity index (χ1n) is 6.49. The van der Waals surface area contributed by atoms with Crippen LogP contribution in [-0.2, 0) is 0 Å². The lowest BCUT2D eigenvalue weighted by Gasteiger charge is -2.31. The number of nitriles is 1. The van der Waals surface area contributed by atoms with E-state index in [2.05, 4.69) is 16.4 Å². The van der Waals surface area contributed by atoms with E-state index < -0.39 is 11.4 Å². The highest BCUT2D eigenvalue weighted by molar-refractivity contribution is 5.94. The number of aromatic amines is 1. The Hall–Kier alpha value is -2.09. The minimum absolute atomic E-state index is 0.0609. The SMILES string of the molecule is Cc1cc(=O)c(C(=O)NC2(C#N)CCCCC2)c[nH]1. The molecular weight excluding hydrogens is 242 g/mol. The van der Waals surface area contributed by atoms with Crippen LogP contribution in [0.1, 0.15) is 48.2 Å². The Morgan fingerprint density at radius 3 is 2.68 bits per heavy atom. The molecular formula is C14H17N3O2. The predicted octanol–water partition coefficient (Wildman–Crippen LogP) is 1.64. The molecule has 1 amide bonds. The maximum atomic E-state index is 12.1. The molecule has 1 heterocycles. The molecule has 2 N–H and O–H groups in total. The van der Waals surface area contributed by atoms with Gasteiger partial charge in [-0.1, -0.05) is 19.3 Å². The Balaban J connectivity index is 2.20. The number of hydrogen-bond donors (Lipinski definition) is 2. The van der Waals surface area contributed by atoms with Crippen LogP contribution in [0.4, 0.5) is 0 Å². The Kier molecular flexibility index (Phi) is 3.70. The van der Waals surface area contributed by atoms with Crippen molar-refractivity contribution in [2.24, 2.45) is 0 Å². The minimum atomic E-state index is -0.813. The van der Waals surface area contributed by atoms with E-state index in [1.54, 1.807) is 6.92 Å². The van der Waals surface area contributed by atoms with Gasteiger partial charge in [0.2, 0.25) is 0 Å². The zero-order valence-corrected chi connectivity index (χ0v) is 11.0. The molecule has 0 aromatic carbocycles. The zero-order valence-electron chi connectivity index (χ0n) is 11.0. The third kappa shape index (κ3) is 2.84. The first kappa shape index (κ1) is 13.3. The van der Waals surface area contributed by atoms with Crippen molar-refractivity contribution in [1.29, 1.82) is 5.26 Å². The number of aryl methyl sites for hydroxylation is 1. The van der Waals surface area contributed by atoms with Gasteiger partial charge in [-0.2, -0.15) is 5.26 Å². The quantitative estimate of drug-likeness (QED) is 0.846. The normalized spacial score (nSPS) is 17.5. The van der Waals surface area contributed by atoms with Gasteiger partial charge in [-0.15, -0.1) is 0 Å². The summed E-state index contributed by atoms with van der Waals surface area (Å²) in [6.07, 6.45) is 5.65. The highest BCUT2D eigenvalue weighted by atomic mass is 16.2. The maximum Gasteiger partial charge on any atom is 0.257 e. The van der Waals surface area contributed by atoms with Gasteiger partial charge in [0, 0.05) is 18.0 Å². The van der Waals surface area contributed by atoms with Crippen LogP contribution in [0.5, 0.6) is 0 Å². The van der Waals surface area contributed by atoms with Gasteiger partial charge >= 0.3 is 0 Å². The van der Waals surface area contributed by atoms with Gasteiger partial charge in [-0.3, -0.25) is 9.59 Å². The molecule has 0 unspecified atom stereocenters. The summed E-state index contributed by atoms with van der Waals surface area (Å²) < 4.78 is 0. The fraction of sp³-hybridized carbons (Fsp3) is 0.500. The Morgan fingerprint density at radius 1 is 1.42 bits per heavy atom. The van der Waals surface area contributed by atoms with E-state index in [4.69, 9.17) is 0 Å².